The van der Waals surface area contributed by atoms with Gasteiger partial charge in [-0.1, -0.05) is 6.92 Å². The van der Waals surface area contributed by atoms with Gasteiger partial charge in [0.1, 0.15) is 0 Å². The van der Waals surface area contributed by atoms with Crippen LogP contribution in [-0.2, 0) is 24.8 Å². The summed E-state index contributed by atoms with van der Waals surface area (Å²) in [5.74, 6) is 0.0942. The van der Waals surface area contributed by atoms with Crippen LogP contribution in [0.15, 0.2) is 6.07 Å². The molecule has 1 heterocycles. The van der Waals surface area contributed by atoms with Crippen LogP contribution in [0, 0.1) is 0 Å². The van der Waals surface area contributed by atoms with E-state index in [2.05, 4.69) is 28.7 Å². The van der Waals surface area contributed by atoms with Crippen molar-refractivity contribution >= 4 is 5.91 Å². The van der Waals surface area contributed by atoms with Crippen LogP contribution >= 0.6 is 0 Å². The maximum Gasteiger partial charge on any atom is 0.221 e. The van der Waals surface area contributed by atoms with Gasteiger partial charge >= 0.3 is 0 Å². The lowest BCUT2D eigenvalue weighted by atomic mass is 10.3. The molecule has 5 nitrogen and oxygen atoms in total. The van der Waals surface area contributed by atoms with Crippen LogP contribution in [0.2, 0.25) is 0 Å². The predicted molar refractivity (Wildman–Crippen MR) is 72.2 cm³/mol. The number of rotatable bonds is 7. The number of hydrogen-bond acceptors (Lipinski definition) is 3. The third kappa shape index (κ3) is 4.87. The standard InChI is InChI=1S/C13H24N4O/c1-5-11-8-12(17(4)16-11)9-14-7-6-13(18)15-10(2)3/h8,10,14H,5-7,9H2,1-4H3,(H,15,18). The summed E-state index contributed by atoms with van der Waals surface area (Å²) in [4.78, 5) is 11.4. The molecule has 0 atom stereocenters. The highest BCUT2D eigenvalue weighted by Crippen LogP contribution is 2.03. The Morgan fingerprint density at radius 1 is 1.50 bits per heavy atom. The Labute approximate surface area is 109 Å². The molecule has 0 fully saturated rings. The summed E-state index contributed by atoms with van der Waals surface area (Å²) in [6.45, 7) is 7.46. The topological polar surface area (TPSA) is 59.0 Å². The first-order valence-corrected chi connectivity index (χ1v) is 6.54. The molecule has 0 radical (unpaired) electrons. The maximum atomic E-state index is 11.4. The molecule has 1 aromatic heterocycles. The van der Waals surface area contributed by atoms with Crippen LogP contribution in [0.5, 0.6) is 0 Å². The number of carbonyl (C=O) groups excluding carboxylic acids is 1. The van der Waals surface area contributed by atoms with Gasteiger partial charge in [0, 0.05) is 32.6 Å². The van der Waals surface area contributed by atoms with Gasteiger partial charge in [0.25, 0.3) is 0 Å². The smallest absolute Gasteiger partial charge is 0.221 e. The Balaban J connectivity index is 2.25. The Kier molecular flexibility index (Phi) is 5.85. The van der Waals surface area contributed by atoms with Crippen molar-refractivity contribution in [3.8, 4) is 0 Å². The van der Waals surface area contributed by atoms with Crippen LogP contribution in [0.3, 0.4) is 0 Å². The van der Waals surface area contributed by atoms with E-state index in [1.54, 1.807) is 0 Å². The predicted octanol–water partition coefficient (Wildman–Crippen LogP) is 0.987. The highest BCUT2D eigenvalue weighted by atomic mass is 16.1. The van der Waals surface area contributed by atoms with Crippen molar-refractivity contribution < 1.29 is 4.79 Å². The number of nitrogens with zero attached hydrogens (tertiary/aromatic N) is 2. The third-order valence-electron chi connectivity index (χ3n) is 2.67. The molecule has 1 aromatic rings. The van der Waals surface area contributed by atoms with Crippen LogP contribution in [0.1, 0.15) is 38.6 Å². The van der Waals surface area contributed by atoms with Crippen molar-refractivity contribution in [1.82, 2.24) is 20.4 Å². The largest absolute Gasteiger partial charge is 0.354 e. The fourth-order valence-electron chi connectivity index (χ4n) is 1.72. The van der Waals surface area contributed by atoms with Gasteiger partial charge in [0.2, 0.25) is 5.91 Å². The van der Waals surface area contributed by atoms with E-state index in [9.17, 15) is 4.79 Å². The Bertz CT molecular complexity index is 384. The van der Waals surface area contributed by atoms with E-state index in [1.165, 1.54) is 0 Å². The lowest BCUT2D eigenvalue weighted by molar-refractivity contribution is -0.121. The van der Waals surface area contributed by atoms with Gasteiger partial charge in [0.15, 0.2) is 0 Å². The van der Waals surface area contributed by atoms with E-state index in [0.29, 0.717) is 13.0 Å². The quantitative estimate of drug-likeness (QED) is 0.711. The van der Waals surface area contributed by atoms with Gasteiger partial charge in [-0.25, -0.2) is 0 Å². The van der Waals surface area contributed by atoms with Crippen LogP contribution in [0.25, 0.3) is 0 Å². The van der Waals surface area contributed by atoms with Crippen LogP contribution in [0.4, 0.5) is 0 Å². The molecule has 0 aliphatic carbocycles. The fourth-order valence-corrected chi connectivity index (χ4v) is 1.72. The molecule has 0 spiro atoms. The number of amides is 1. The molecule has 0 saturated heterocycles. The van der Waals surface area contributed by atoms with Gasteiger partial charge in [0.05, 0.1) is 11.4 Å². The number of aromatic nitrogens is 2. The van der Waals surface area contributed by atoms with Crippen molar-refractivity contribution in [2.45, 2.75) is 46.2 Å². The SMILES string of the molecule is CCc1cc(CNCCC(=O)NC(C)C)n(C)n1. The molecule has 1 rings (SSSR count). The van der Waals surface area contributed by atoms with Crippen molar-refractivity contribution in [3.05, 3.63) is 17.5 Å². The maximum absolute atomic E-state index is 11.4. The second kappa shape index (κ2) is 7.16. The summed E-state index contributed by atoms with van der Waals surface area (Å²) in [6, 6.07) is 2.31. The number of hydrogen-bond donors (Lipinski definition) is 2. The molecule has 0 aromatic carbocycles. The highest BCUT2D eigenvalue weighted by Gasteiger charge is 2.05. The Hall–Kier alpha value is -1.36. The molecule has 2 N–H and O–H groups in total. The minimum atomic E-state index is 0.0942. The molecule has 1 amide bonds. The molecule has 5 heteroatoms. The molecule has 0 bridgehead atoms. The first kappa shape index (κ1) is 14.7. The van der Waals surface area contributed by atoms with Gasteiger partial charge in [-0.3, -0.25) is 9.48 Å². The van der Waals surface area contributed by atoms with Gasteiger partial charge in [-0.15, -0.1) is 0 Å². The molecular formula is C13H24N4O. The lowest BCUT2D eigenvalue weighted by Crippen LogP contribution is -2.32. The fraction of sp³-hybridized carbons (Fsp3) is 0.692. The van der Waals surface area contributed by atoms with Crippen molar-refractivity contribution in [2.75, 3.05) is 6.54 Å². The summed E-state index contributed by atoms with van der Waals surface area (Å²) < 4.78 is 1.89. The molecule has 0 aliphatic heterocycles. The van der Waals surface area contributed by atoms with E-state index < -0.39 is 0 Å². The zero-order valence-corrected chi connectivity index (χ0v) is 11.8. The summed E-state index contributed by atoms with van der Waals surface area (Å²) in [6.07, 6.45) is 1.46. The number of nitrogens with one attached hydrogen (secondary N) is 2. The minimum Gasteiger partial charge on any atom is -0.354 e. The van der Waals surface area contributed by atoms with E-state index >= 15 is 0 Å². The minimum absolute atomic E-state index is 0.0942. The monoisotopic (exact) mass is 252 g/mol. The molecule has 0 aliphatic rings. The van der Waals surface area contributed by atoms with E-state index in [0.717, 1.165) is 24.4 Å². The second-order valence-corrected chi connectivity index (χ2v) is 4.75. The van der Waals surface area contributed by atoms with Gasteiger partial charge in [-0.2, -0.15) is 5.10 Å². The summed E-state index contributed by atoms with van der Waals surface area (Å²) in [5.41, 5.74) is 2.25. The van der Waals surface area contributed by atoms with Crippen molar-refractivity contribution in [3.63, 3.8) is 0 Å². The highest BCUT2D eigenvalue weighted by molar-refractivity contribution is 5.76. The third-order valence-corrected chi connectivity index (χ3v) is 2.67. The van der Waals surface area contributed by atoms with Gasteiger partial charge < -0.3 is 10.6 Å². The molecule has 18 heavy (non-hydrogen) atoms. The first-order valence-electron chi connectivity index (χ1n) is 6.54. The average Bonchev–Trinajstić information content (AvgIpc) is 2.65. The van der Waals surface area contributed by atoms with E-state index in [1.807, 2.05) is 25.6 Å². The molecular weight excluding hydrogens is 228 g/mol. The molecule has 102 valence electrons. The average molecular weight is 252 g/mol. The number of carbonyl (C=O) groups is 1. The lowest BCUT2D eigenvalue weighted by Gasteiger charge is -2.08. The Morgan fingerprint density at radius 2 is 2.22 bits per heavy atom. The summed E-state index contributed by atoms with van der Waals surface area (Å²) in [5, 5.41) is 10.5. The zero-order chi connectivity index (χ0) is 13.5. The van der Waals surface area contributed by atoms with Crippen LogP contribution in [-0.4, -0.2) is 28.3 Å². The second-order valence-electron chi connectivity index (χ2n) is 4.75. The first-order chi connectivity index (χ1) is 8.52. The normalized spacial score (nSPS) is 10.9. The number of aryl methyl sites for hydroxylation is 2. The van der Waals surface area contributed by atoms with Crippen LogP contribution < -0.4 is 10.6 Å². The molecule has 0 unspecified atom stereocenters. The van der Waals surface area contributed by atoms with Crippen molar-refractivity contribution in [2.24, 2.45) is 7.05 Å². The zero-order valence-electron chi connectivity index (χ0n) is 11.8. The summed E-state index contributed by atoms with van der Waals surface area (Å²) in [7, 11) is 1.95. The summed E-state index contributed by atoms with van der Waals surface area (Å²) >= 11 is 0. The van der Waals surface area contributed by atoms with Crippen molar-refractivity contribution in [1.29, 1.82) is 0 Å². The van der Waals surface area contributed by atoms with E-state index in [4.69, 9.17) is 0 Å². The van der Waals surface area contributed by atoms with E-state index in [-0.39, 0.29) is 11.9 Å². The van der Waals surface area contributed by atoms with Gasteiger partial charge in [-0.05, 0) is 26.3 Å². The molecule has 0 saturated carbocycles. The Morgan fingerprint density at radius 3 is 2.78 bits per heavy atom.